The molecule has 0 radical (unpaired) electrons. The maximum Gasteiger partial charge on any atom is 0.344 e. The molecule has 4 rings (SSSR count). The fraction of sp³-hybridized carbons (Fsp3) is 0.0357. The van der Waals surface area contributed by atoms with Gasteiger partial charge in [-0.2, -0.15) is 4.89 Å². The molecule has 0 amide bonds. The summed E-state index contributed by atoms with van der Waals surface area (Å²) >= 11 is 1.34. The molecule has 0 fully saturated rings. The van der Waals surface area contributed by atoms with E-state index in [0.29, 0.717) is 0 Å². The number of carbonyl (C=O) groups excluding carboxylic acids is 1. The fourth-order valence-electron chi connectivity index (χ4n) is 3.79. The Labute approximate surface area is 245 Å². The number of nitro groups is 2. The Bertz CT molecular complexity index is 1720. The highest BCUT2D eigenvalue weighted by Gasteiger charge is 2.28. The minimum Gasteiger partial charge on any atom is -0.477 e. The molecule has 4 aromatic carbocycles. The molecule has 0 atom stereocenters. The lowest BCUT2D eigenvalue weighted by Gasteiger charge is -2.09. The number of nitrogens with zero attached hydrogens (tertiary/aromatic N) is 2. The first kappa shape index (κ1) is 30.2. The minimum atomic E-state index is -1.64. The highest BCUT2D eigenvalue weighted by molar-refractivity contribution is 7.99. The second kappa shape index (κ2) is 13.2. The molecule has 4 aromatic rings. The summed E-state index contributed by atoms with van der Waals surface area (Å²) in [6, 6.07) is 19.9. The van der Waals surface area contributed by atoms with E-state index in [-0.39, 0.29) is 23.7 Å². The first-order chi connectivity index (χ1) is 20.5. The van der Waals surface area contributed by atoms with Gasteiger partial charge in [-0.15, -0.1) is 0 Å². The molecule has 0 aliphatic carbocycles. The van der Waals surface area contributed by atoms with E-state index < -0.39 is 55.8 Å². The van der Waals surface area contributed by atoms with Crippen molar-refractivity contribution in [1.82, 2.24) is 0 Å². The van der Waals surface area contributed by atoms with Crippen molar-refractivity contribution < 1.29 is 49.0 Å². The third kappa shape index (κ3) is 7.29. The van der Waals surface area contributed by atoms with Gasteiger partial charge in [0.25, 0.3) is 11.4 Å². The van der Waals surface area contributed by atoms with Crippen molar-refractivity contribution in [1.29, 1.82) is 0 Å². The third-order valence-corrected chi connectivity index (χ3v) is 6.69. The lowest BCUT2D eigenvalue weighted by atomic mass is 10.1. The standard InChI is InChI=1S/C28H18N2O12S/c31-26(32)24-16(3-1-5-22(24)29(36)37)15-40-42-18-9-13-20(14-10-18)43-19-11-7-17(8-12-19)41-28(35)21-4-2-6-23(30(38)39)25(21)27(33)34/h1-14H,15H2,(H,31,32)(H,33,34). The van der Waals surface area contributed by atoms with E-state index in [1.165, 1.54) is 42.1 Å². The van der Waals surface area contributed by atoms with E-state index >= 15 is 0 Å². The van der Waals surface area contributed by atoms with Crippen LogP contribution in [0.25, 0.3) is 0 Å². The minimum absolute atomic E-state index is 0.0652. The molecule has 0 saturated heterocycles. The Morgan fingerprint density at radius 1 is 0.698 bits per heavy atom. The maximum absolute atomic E-state index is 12.6. The number of hydrogen-bond acceptors (Lipinski definition) is 11. The number of esters is 1. The molecule has 43 heavy (non-hydrogen) atoms. The van der Waals surface area contributed by atoms with Gasteiger partial charge in [-0.25, -0.2) is 14.4 Å². The topological polar surface area (TPSA) is 206 Å². The highest BCUT2D eigenvalue weighted by Crippen LogP contribution is 2.31. The number of rotatable bonds is 12. The van der Waals surface area contributed by atoms with Gasteiger partial charge in [-0.05, 0) is 54.6 Å². The van der Waals surface area contributed by atoms with Gasteiger partial charge in [0.05, 0.1) is 15.4 Å². The number of ether oxygens (including phenoxy) is 1. The zero-order chi connectivity index (χ0) is 31.1. The lowest BCUT2D eigenvalue weighted by Crippen LogP contribution is -2.15. The van der Waals surface area contributed by atoms with E-state index in [9.17, 15) is 44.8 Å². The molecule has 0 saturated carbocycles. The molecular formula is C28H18N2O12S. The van der Waals surface area contributed by atoms with Crippen LogP contribution < -0.4 is 9.62 Å². The maximum atomic E-state index is 12.6. The summed E-state index contributed by atoms with van der Waals surface area (Å²) in [5.74, 6) is -3.79. The van der Waals surface area contributed by atoms with Gasteiger partial charge in [-0.3, -0.25) is 20.2 Å². The number of carbonyl (C=O) groups is 3. The average Bonchev–Trinajstić information content (AvgIpc) is 2.98. The van der Waals surface area contributed by atoms with E-state index in [2.05, 4.69) is 0 Å². The Kier molecular flexibility index (Phi) is 9.29. The van der Waals surface area contributed by atoms with Crippen LogP contribution in [0.5, 0.6) is 11.5 Å². The normalized spacial score (nSPS) is 10.5. The summed E-state index contributed by atoms with van der Waals surface area (Å²) in [5, 5.41) is 41.0. The van der Waals surface area contributed by atoms with Gasteiger partial charge in [0.1, 0.15) is 17.9 Å². The molecule has 0 unspecified atom stereocenters. The van der Waals surface area contributed by atoms with E-state index in [1.807, 2.05) is 0 Å². The lowest BCUT2D eigenvalue weighted by molar-refractivity contribution is -0.385. The number of aromatic carboxylic acids is 2. The summed E-state index contributed by atoms with van der Waals surface area (Å²) in [4.78, 5) is 68.0. The summed E-state index contributed by atoms with van der Waals surface area (Å²) in [5.41, 5.74) is -2.94. The van der Waals surface area contributed by atoms with Crippen molar-refractivity contribution in [2.45, 2.75) is 16.4 Å². The fourth-order valence-corrected chi connectivity index (χ4v) is 4.61. The second-order valence-electron chi connectivity index (χ2n) is 8.42. The van der Waals surface area contributed by atoms with Gasteiger partial charge >= 0.3 is 17.9 Å². The van der Waals surface area contributed by atoms with Gasteiger partial charge in [-0.1, -0.05) is 30.0 Å². The van der Waals surface area contributed by atoms with Crippen LogP contribution in [0.15, 0.2) is 94.7 Å². The van der Waals surface area contributed by atoms with Crippen LogP contribution in [0.2, 0.25) is 0 Å². The zero-order valence-corrected chi connectivity index (χ0v) is 22.4. The molecule has 0 spiro atoms. The van der Waals surface area contributed by atoms with Crippen LogP contribution in [0, 0.1) is 20.2 Å². The van der Waals surface area contributed by atoms with E-state index in [4.69, 9.17) is 14.5 Å². The molecule has 218 valence electrons. The van der Waals surface area contributed by atoms with E-state index in [1.54, 1.807) is 36.4 Å². The monoisotopic (exact) mass is 606 g/mol. The molecule has 0 bridgehead atoms. The largest absolute Gasteiger partial charge is 0.477 e. The second-order valence-corrected chi connectivity index (χ2v) is 9.56. The van der Waals surface area contributed by atoms with Crippen molar-refractivity contribution in [2.24, 2.45) is 0 Å². The van der Waals surface area contributed by atoms with Crippen LogP contribution in [0.1, 0.15) is 36.6 Å². The Morgan fingerprint density at radius 3 is 1.74 bits per heavy atom. The van der Waals surface area contributed by atoms with Gasteiger partial charge in [0.2, 0.25) is 0 Å². The van der Waals surface area contributed by atoms with Crippen LogP contribution in [-0.4, -0.2) is 38.0 Å². The summed E-state index contributed by atoms with van der Waals surface area (Å²) < 4.78 is 5.22. The van der Waals surface area contributed by atoms with Gasteiger partial charge in [0.15, 0.2) is 11.3 Å². The predicted molar refractivity (Wildman–Crippen MR) is 147 cm³/mol. The van der Waals surface area contributed by atoms with Gasteiger partial charge in [0, 0.05) is 27.5 Å². The van der Waals surface area contributed by atoms with Crippen LogP contribution in [-0.2, 0) is 11.5 Å². The van der Waals surface area contributed by atoms with Crippen molar-refractivity contribution in [3.8, 4) is 11.5 Å². The van der Waals surface area contributed by atoms with Crippen LogP contribution in [0.4, 0.5) is 11.4 Å². The summed E-state index contributed by atoms with van der Waals surface area (Å²) in [6.45, 7) is -0.352. The zero-order valence-electron chi connectivity index (χ0n) is 21.6. The van der Waals surface area contributed by atoms with E-state index in [0.717, 1.165) is 28.0 Å². The quantitative estimate of drug-likeness (QED) is 0.0645. The number of nitro benzene ring substituents is 2. The van der Waals surface area contributed by atoms with Crippen molar-refractivity contribution >= 4 is 41.0 Å². The van der Waals surface area contributed by atoms with Gasteiger partial charge < -0.3 is 19.8 Å². The van der Waals surface area contributed by atoms with Crippen LogP contribution >= 0.6 is 11.8 Å². The first-order valence-corrected chi connectivity index (χ1v) is 12.8. The van der Waals surface area contributed by atoms with Crippen molar-refractivity contribution in [2.75, 3.05) is 0 Å². The Morgan fingerprint density at radius 2 is 1.21 bits per heavy atom. The number of carboxylic acids is 2. The first-order valence-electron chi connectivity index (χ1n) is 11.9. The summed E-state index contributed by atoms with van der Waals surface area (Å²) in [7, 11) is 0. The molecule has 2 N–H and O–H groups in total. The molecule has 0 aliphatic heterocycles. The number of benzene rings is 4. The molecule has 14 nitrogen and oxygen atoms in total. The Balaban J connectivity index is 1.35. The SMILES string of the molecule is O=C(Oc1ccc(Sc2ccc(OOCc3cccc([N+](=O)[O-])c3C(=O)O)cc2)cc1)c1cccc([N+](=O)[O-])c1C(=O)O. The molecule has 15 heteroatoms. The third-order valence-electron chi connectivity index (χ3n) is 5.68. The van der Waals surface area contributed by atoms with Crippen LogP contribution in [0.3, 0.4) is 0 Å². The molecule has 0 heterocycles. The molecular weight excluding hydrogens is 588 g/mol. The molecule has 0 aromatic heterocycles. The predicted octanol–water partition coefficient (Wildman–Crippen LogP) is 5.78. The number of hydrogen-bond donors (Lipinski definition) is 2. The number of carboxylic acid groups (broad SMARTS) is 2. The summed E-state index contributed by atoms with van der Waals surface area (Å²) in [6.07, 6.45) is 0. The van der Waals surface area contributed by atoms with Crippen molar-refractivity contribution in [3.63, 3.8) is 0 Å². The smallest absolute Gasteiger partial charge is 0.344 e. The molecule has 0 aliphatic rings. The van der Waals surface area contributed by atoms with Crippen molar-refractivity contribution in [3.05, 3.63) is 127 Å². The average molecular weight is 607 g/mol. The highest BCUT2D eigenvalue weighted by atomic mass is 32.2. The Hall–Kier alpha value is -5.80.